The molecule has 1 N–H and O–H groups in total. The molecule has 0 unspecified atom stereocenters. The third-order valence-corrected chi connectivity index (χ3v) is 4.44. The second-order valence-electron chi connectivity index (χ2n) is 7.02. The van der Waals surface area contributed by atoms with E-state index in [1.807, 2.05) is 31.2 Å². The number of ether oxygens (including phenoxy) is 2. The van der Waals surface area contributed by atoms with Crippen molar-refractivity contribution >= 4 is 11.6 Å². The average Bonchev–Trinajstić information content (AvgIpc) is 2.81. The minimum Gasteiger partial charge on any atom is -0.493 e. The van der Waals surface area contributed by atoms with Crippen LogP contribution < -0.4 is 10.1 Å². The van der Waals surface area contributed by atoms with E-state index in [2.05, 4.69) is 19.2 Å². The fourth-order valence-electron chi connectivity index (χ4n) is 3.16. The number of carbonyl (C=O) groups excluding carboxylic acids is 1. The van der Waals surface area contributed by atoms with Crippen LogP contribution in [0, 0.1) is 5.92 Å². The molecular weight excluding hydrogens is 302 g/mol. The molecular formula is C20H31NO3. The first-order chi connectivity index (χ1) is 11.6. The topological polar surface area (TPSA) is 47.6 Å². The van der Waals surface area contributed by atoms with Gasteiger partial charge in [0, 0.05) is 12.3 Å². The van der Waals surface area contributed by atoms with Crippen LogP contribution in [-0.2, 0) is 9.53 Å². The highest BCUT2D eigenvalue weighted by atomic mass is 16.5. The zero-order valence-corrected chi connectivity index (χ0v) is 15.3. The van der Waals surface area contributed by atoms with Crippen LogP contribution in [0.25, 0.3) is 0 Å². The fraction of sp³-hybridized carbons (Fsp3) is 0.650. The molecule has 0 bridgehead atoms. The van der Waals surface area contributed by atoms with Gasteiger partial charge in [-0.15, -0.1) is 0 Å². The highest BCUT2D eigenvalue weighted by molar-refractivity contribution is 5.97. The average molecular weight is 333 g/mol. The van der Waals surface area contributed by atoms with E-state index in [1.54, 1.807) is 0 Å². The summed E-state index contributed by atoms with van der Waals surface area (Å²) in [6, 6.07) is 7.59. The Labute approximate surface area is 145 Å². The van der Waals surface area contributed by atoms with Crippen LogP contribution in [0.2, 0.25) is 0 Å². The lowest BCUT2D eigenvalue weighted by atomic mass is 9.93. The summed E-state index contributed by atoms with van der Waals surface area (Å²) in [5.41, 5.74) is 0.123. The van der Waals surface area contributed by atoms with Gasteiger partial charge in [-0.3, -0.25) is 4.79 Å². The number of nitrogens with one attached hydrogen (secondary N) is 1. The summed E-state index contributed by atoms with van der Waals surface area (Å²) < 4.78 is 11.6. The van der Waals surface area contributed by atoms with Gasteiger partial charge in [0.15, 0.2) is 0 Å². The van der Waals surface area contributed by atoms with Crippen LogP contribution >= 0.6 is 0 Å². The Morgan fingerprint density at radius 2 is 1.75 bits per heavy atom. The number of amides is 1. The first-order valence-corrected chi connectivity index (χ1v) is 9.24. The maximum absolute atomic E-state index is 12.9. The van der Waals surface area contributed by atoms with Crippen LogP contribution in [0.15, 0.2) is 24.3 Å². The molecule has 134 valence electrons. The molecule has 0 saturated heterocycles. The van der Waals surface area contributed by atoms with Crippen LogP contribution in [0.3, 0.4) is 0 Å². The summed E-state index contributed by atoms with van der Waals surface area (Å²) in [7, 11) is 0. The molecule has 24 heavy (non-hydrogen) atoms. The summed E-state index contributed by atoms with van der Waals surface area (Å²) in [6.07, 6.45) is 6.09. The molecule has 2 rings (SSSR count). The van der Waals surface area contributed by atoms with Crippen molar-refractivity contribution in [3.63, 3.8) is 0 Å². The molecule has 4 nitrogen and oxygen atoms in total. The van der Waals surface area contributed by atoms with Crippen molar-refractivity contribution in [2.45, 2.75) is 64.9 Å². The van der Waals surface area contributed by atoms with Crippen LogP contribution in [-0.4, -0.2) is 24.7 Å². The zero-order chi connectivity index (χ0) is 17.4. The molecule has 0 aromatic heterocycles. The normalized spacial score (nSPS) is 17.3. The van der Waals surface area contributed by atoms with E-state index in [0.717, 1.165) is 37.1 Å². The van der Waals surface area contributed by atoms with Crippen LogP contribution in [0.5, 0.6) is 5.75 Å². The van der Waals surface area contributed by atoms with E-state index in [-0.39, 0.29) is 5.91 Å². The molecule has 1 aliphatic rings. The molecule has 0 aliphatic heterocycles. The van der Waals surface area contributed by atoms with Crippen LogP contribution in [0.4, 0.5) is 5.69 Å². The van der Waals surface area contributed by atoms with Gasteiger partial charge in [0.05, 0.1) is 6.61 Å². The first-order valence-electron chi connectivity index (χ1n) is 9.24. The maximum atomic E-state index is 12.9. The van der Waals surface area contributed by atoms with Crippen LogP contribution in [0.1, 0.15) is 59.3 Å². The molecule has 0 spiro atoms. The summed E-state index contributed by atoms with van der Waals surface area (Å²) in [4.78, 5) is 12.9. The zero-order valence-electron chi connectivity index (χ0n) is 15.3. The monoisotopic (exact) mass is 333 g/mol. The van der Waals surface area contributed by atoms with Crippen molar-refractivity contribution < 1.29 is 14.3 Å². The third-order valence-electron chi connectivity index (χ3n) is 4.44. The molecule has 1 saturated carbocycles. The van der Waals surface area contributed by atoms with Crippen molar-refractivity contribution in [2.75, 3.05) is 18.5 Å². The largest absolute Gasteiger partial charge is 0.493 e. The van der Waals surface area contributed by atoms with Gasteiger partial charge in [0.25, 0.3) is 5.91 Å². The Balaban J connectivity index is 2.00. The molecule has 1 fully saturated rings. The first kappa shape index (κ1) is 18.8. The highest BCUT2D eigenvalue weighted by Crippen LogP contribution is 2.32. The van der Waals surface area contributed by atoms with E-state index in [9.17, 15) is 4.79 Å². The lowest BCUT2D eigenvalue weighted by molar-refractivity contribution is -0.143. The van der Waals surface area contributed by atoms with E-state index in [0.29, 0.717) is 19.1 Å². The van der Waals surface area contributed by atoms with E-state index < -0.39 is 5.60 Å². The SMILES string of the molecule is CCOC1(C(=O)Nc2ccc(OCC(C)C)cc2)CCCCCC1. The van der Waals surface area contributed by atoms with Crippen molar-refractivity contribution in [1.82, 2.24) is 0 Å². The van der Waals surface area contributed by atoms with Gasteiger partial charge >= 0.3 is 0 Å². The number of rotatable bonds is 7. The van der Waals surface area contributed by atoms with E-state index in [4.69, 9.17) is 9.47 Å². The van der Waals surface area contributed by atoms with Crippen molar-refractivity contribution in [3.05, 3.63) is 24.3 Å². The number of hydrogen-bond acceptors (Lipinski definition) is 3. The predicted molar refractivity (Wildman–Crippen MR) is 97.5 cm³/mol. The number of anilines is 1. The Morgan fingerprint density at radius 3 is 2.29 bits per heavy atom. The molecule has 4 heteroatoms. The Bertz CT molecular complexity index is 502. The van der Waals surface area contributed by atoms with Gasteiger partial charge in [-0.25, -0.2) is 0 Å². The summed E-state index contributed by atoms with van der Waals surface area (Å²) in [5, 5.41) is 3.04. The number of hydrogen-bond donors (Lipinski definition) is 1. The fourth-order valence-corrected chi connectivity index (χ4v) is 3.16. The lowest BCUT2D eigenvalue weighted by Gasteiger charge is -2.31. The minimum atomic E-state index is -0.669. The predicted octanol–water partition coefficient (Wildman–Crippen LogP) is 4.79. The molecule has 0 atom stereocenters. The van der Waals surface area contributed by atoms with E-state index in [1.165, 1.54) is 12.8 Å². The maximum Gasteiger partial charge on any atom is 0.256 e. The molecule has 0 radical (unpaired) electrons. The molecule has 0 heterocycles. The van der Waals surface area contributed by atoms with Gasteiger partial charge in [-0.2, -0.15) is 0 Å². The van der Waals surface area contributed by atoms with Gasteiger partial charge in [-0.05, 0) is 49.9 Å². The Kier molecular flexibility index (Phi) is 7.10. The summed E-state index contributed by atoms with van der Waals surface area (Å²) in [5.74, 6) is 1.31. The number of benzene rings is 1. The van der Waals surface area contributed by atoms with Gasteiger partial charge in [-0.1, -0.05) is 39.5 Å². The number of carbonyl (C=O) groups is 1. The quantitative estimate of drug-likeness (QED) is 0.730. The standard InChI is InChI=1S/C20H31NO3/c1-4-24-20(13-7-5-6-8-14-20)19(22)21-17-9-11-18(12-10-17)23-15-16(2)3/h9-12,16H,4-8,13-15H2,1-3H3,(H,21,22). The smallest absolute Gasteiger partial charge is 0.256 e. The third kappa shape index (κ3) is 5.23. The lowest BCUT2D eigenvalue weighted by Crippen LogP contribution is -2.45. The van der Waals surface area contributed by atoms with Crippen molar-refractivity contribution in [2.24, 2.45) is 5.92 Å². The van der Waals surface area contributed by atoms with Gasteiger partial charge < -0.3 is 14.8 Å². The Morgan fingerprint density at radius 1 is 1.12 bits per heavy atom. The molecule has 1 aromatic rings. The van der Waals surface area contributed by atoms with E-state index >= 15 is 0 Å². The summed E-state index contributed by atoms with van der Waals surface area (Å²) in [6.45, 7) is 7.46. The highest BCUT2D eigenvalue weighted by Gasteiger charge is 2.39. The molecule has 1 aliphatic carbocycles. The molecule has 1 aromatic carbocycles. The van der Waals surface area contributed by atoms with Gasteiger partial charge in [0.1, 0.15) is 11.4 Å². The minimum absolute atomic E-state index is 0.0119. The Hall–Kier alpha value is -1.55. The second kappa shape index (κ2) is 9.07. The van der Waals surface area contributed by atoms with Crippen molar-refractivity contribution in [3.8, 4) is 5.75 Å². The summed E-state index contributed by atoms with van der Waals surface area (Å²) >= 11 is 0. The second-order valence-corrected chi connectivity index (χ2v) is 7.02. The van der Waals surface area contributed by atoms with Gasteiger partial charge in [0.2, 0.25) is 0 Å². The van der Waals surface area contributed by atoms with Crippen molar-refractivity contribution in [1.29, 1.82) is 0 Å². The molecule has 1 amide bonds.